The second-order valence-corrected chi connectivity index (χ2v) is 6.25. The topological polar surface area (TPSA) is 41.1 Å². The highest BCUT2D eigenvalue weighted by atomic mass is 19.4. The number of carbonyl (C=O) groups excluding carboxylic acids is 1. The lowest BCUT2D eigenvalue weighted by molar-refractivity contribution is -0.138. The number of benzene rings is 1. The summed E-state index contributed by atoms with van der Waals surface area (Å²) < 4.78 is 39.2. The van der Waals surface area contributed by atoms with Gasteiger partial charge in [0.05, 0.1) is 5.56 Å². The Morgan fingerprint density at radius 2 is 2.09 bits per heavy atom. The number of hydrogen-bond donors (Lipinski definition) is 2. The molecule has 1 aromatic carbocycles. The molecule has 0 spiro atoms. The molecule has 1 aliphatic heterocycles. The highest BCUT2D eigenvalue weighted by molar-refractivity contribution is 5.77. The second kappa shape index (κ2) is 7.34. The Balaban J connectivity index is 2.01. The Labute approximate surface area is 134 Å². The first-order valence-corrected chi connectivity index (χ1v) is 7.98. The summed E-state index contributed by atoms with van der Waals surface area (Å²) in [7, 11) is 0. The zero-order chi connectivity index (χ0) is 17.0. The van der Waals surface area contributed by atoms with Crippen molar-refractivity contribution >= 4 is 5.91 Å². The molecular weight excluding hydrogens is 305 g/mol. The van der Waals surface area contributed by atoms with Crippen molar-refractivity contribution in [2.24, 2.45) is 0 Å². The van der Waals surface area contributed by atoms with E-state index in [2.05, 4.69) is 10.6 Å². The largest absolute Gasteiger partial charge is 0.416 e. The zero-order valence-electron chi connectivity index (χ0n) is 13.4. The Bertz CT molecular complexity index is 545. The van der Waals surface area contributed by atoms with Gasteiger partial charge < -0.3 is 10.6 Å². The van der Waals surface area contributed by atoms with Crippen LogP contribution in [-0.2, 0) is 11.0 Å². The first-order valence-electron chi connectivity index (χ1n) is 7.98. The standard InChI is InChI=1S/C17H23F3N2O/c1-11(13-6-3-4-7-14(13)17(18,19)20)10-16(23)22-15-8-5-9-21-12(15)2/h3-4,6-7,11-12,15,21H,5,8-10H2,1-2H3,(H,22,23). The van der Waals surface area contributed by atoms with Crippen molar-refractivity contribution in [3.63, 3.8) is 0 Å². The van der Waals surface area contributed by atoms with Crippen molar-refractivity contribution in [3.8, 4) is 0 Å². The summed E-state index contributed by atoms with van der Waals surface area (Å²) in [5.74, 6) is -0.685. The van der Waals surface area contributed by atoms with Crippen molar-refractivity contribution in [1.82, 2.24) is 10.6 Å². The Kier molecular flexibility index (Phi) is 5.68. The molecule has 0 bridgehead atoms. The van der Waals surface area contributed by atoms with Gasteiger partial charge in [-0.25, -0.2) is 0 Å². The van der Waals surface area contributed by atoms with Crippen LogP contribution in [0.3, 0.4) is 0 Å². The number of nitrogens with one attached hydrogen (secondary N) is 2. The number of rotatable bonds is 4. The third kappa shape index (κ3) is 4.70. The maximum Gasteiger partial charge on any atom is 0.416 e. The fraction of sp³-hybridized carbons (Fsp3) is 0.588. The summed E-state index contributed by atoms with van der Waals surface area (Å²) in [4.78, 5) is 12.2. The minimum Gasteiger partial charge on any atom is -0.352 e. The summed E-state index contributed by atoms with van der Waals surface area (Å²) in [6, 6.07) is 5.69. The van der Waals surface area contributed by atoms with Gasteiger partial charge in [-0.2, -0.15) is 13.2 Å². The molecule has 128 valence electrons. The van der Waals surface area contributed by atoms with Crippen molar-refractivity contribution in [3.05, 3.63) is 35.4 Å². The van der Waals surface area contributed by atoms with Crippen LogP contribution in [0.2, 0.25) is 0 Å². The van der Waals surface area contributed by atoms with E-state index in [0.29, 0.717) is 0 Å². The monoisotopic (exact) mass is 328 g/mol. The molecule has 1 aromatic rings. The quantitative estimate of drug-likeness (QED) is 0.889. The van der Waals surface area contributed by atoms with Crippen LogP contribution in [0.4, 0.5) is 13.2 Å². The maximum atomic E-state index is 13.1. The van der Waals surface area contributed by atoms with Crippen LogP contribution in [0.1, 0.15) is 50.2 Å². The minimum absolute atomic E-state index is 0.0429. The molecule has 0 radical (unpaired) electrons. The van der Waals surface area contributed by atoms with Crippen molar-refractivity contribution in [2.75, 3.05) is 6.54 Å². The number of hydrogen-bond acceptors (Lipinski definition) is 2. The molecule has 3 nitrogen and oxygen atoms in total. The molecule has 0 saturated carbocycles. The van der Waals surface area contributed by atoms with Gasteiger partial charge in [-0.15, -0.1) is 0 Å². The lowest BCUT2D eigenvalue weighted by Crippen LogP contribution is -2.52. The summed E-state index contributed by atoms with van der Waals surface area (Å²) in [5.41, 5.74) is -0.488. The van der Waals surface area contributed by atoms with Crippen molar-refractivity contribution < 1.29 is 18.0 Å². The first-order chi connectivity index (χ1) is 10.8. The Hall–Kier alpha value is -1.56. The van der Waals surface area contributed by atoms with Crippen LogP contribution in [0.25, 0.3) is 0 Å². The SMILES string of the molecule is CC(CC(=O)NC1CCCNC1C)c1ccccc1C(F)(F)F. The van der Waals surface area contributed by atoms with E-state index in [1.165, 1.54) is 12.1 Å². The third-order valence-electron chi connectivity index (χ3n) is 4.40. The van der Waals surface area contributed by atoms with Gasteiger partial charge in [0.15, 0.2) is 0 Å². The molecule has 3 atom stereocenters. The average molecular weight is 328 g/mol. The van der Waals surface area contributed by atoms with Gasteiger partial charge in [0.2, 0.25) is 5.91 Å². The number of halogens is 3. The van der Waals surface area contributed by atoms with Gasteiger partial charge in [-0.1, -0.05) is 25.1 Å². The fourth-order valence-electron chi connectivity index (χ4n) is 3.08. The van der Waals surface area contributed by atoms with Crippen LogP contribution in [-0.4, -0.2) is 24.5 Å². The average Bonchev–Trinajstić information content (AvgIpc) is 2.48. The van der Waals surface area contributed by atoms with Crippen LogP contribution in [0.5, 0.6) is 0 Å². The smallest absolute Gasteiger partial charge is 0.352 e. The molecule has 23 heavy (non-hydrogen) atoms. The predicted molar refractivity (Wildman–Crippen MR) is 83.1 cm³/mol. The van der Waals surface area contributed by atoms with E-state index in [9.17, 15) is 18.0 Å². The highest BCUT2D eigenvalue weighted by Crippen LogP contribution is 2.35. The molecule has 1 aliphatic rings. The number of alkyl halides is 3. The number of amides is 1. The molecular formula is C17H23F3N2O. The molecule has 2 N–H and O–H groups in total. The van der Waals surface area contributed by atoms with Gasteiger partial charge in [0.1, 0.15) is 0 Å². The first kappa shape index (κ1) is 17.8. The van der Waals surface area contributed by atoms with E-state index in [0.717, 1.165) is 25.5 Å². The van der Waals surface area contributed by atoms with E-state index >= 15 is 0 Å². The molecule has 0 aromatic heterocycles. The highest BCUT2D eigenvalue weighted by Gasteiger charge is 2.34. The van der Waals surface area contributed by atoms with E-state index in [-0.39, 0.29) is 30.0 Å². The van der Waals surface area contributed by atoms with Crippen molar-refractivity contribution in [2.45, 2.75) is 57.3 Å². The van der Waals surface area contributed by atoms with Gasteiger partial charge in [0.25, 0.3) is 0 Å². The molecule has 6 heteroatoms. The molecule has 1 saturated heterocycles. The van der Waals surface area contributed by atoms with Gasteiger partial charge in [-0.05, 0) is 43.9 Å². The van der Waals surface area contributed by atoms with Gasteiger partial charge in [-0.3, -0.25) is 4.79 Å². The zero-order valence-corrected chi connectivity index (χ0v) is 13.4. The lowest BCUT2D eigenvalue weighted by atomic mass is 9.92. The Morgan fingerprint density at radius 3 is 2.74 bits per heavy atom. The predicted octanol–water partition coefficient (Wildman–Crippen LogP) is 3.46. The minimum atomic E-state index is -4.40. The molecule has 1 heterocycles. The summed E-state index contributed by atoms with van der Waals surface area (Å²) in [5, 5.41) is 6.23. The summed E-state index contributed by atoms with van der Waals surface area (Å²) in [6.07, 6.45) is -2.46. The van der Waals surface area contributed by atoms with E-state index < -0.39 is 17.7 Å². The molecule has 0 aliphatic carbocycles. The van der Waals surface area contributed by atoms with E-state index in [1.54, 1.807) is 13.0 Å². The summed E-state index contributed by atoms with van der Waals surface area (Å²) >= 11 is 0. The normalized spacial score (nSPS) is 23.3. The molecule has 1 fully saturated rings. The van der Waals surface area contributed by atoms with Crippen LogP contribution in [0, 0.1) is 0 Å². The van der Waals surface area contributed by atoms with Crippen LogP contribution in [0.15, 0.2) is 24.3 Å². The van der Waals surface area contributed by atoms with Crippen molar-refractivity contribution in [1.29, 1.82) is 0 Å². The van der Waals surface area contributed by atoms with Crippen LogP contribution >= 0.6 is 0 Å². The van der Waals surface area contributed by atoms with Gasteiger partial charge in [0, 0.05) is 18.5 Å². The second-order valence-electron chi connectivity index (χ2n) is 6.25. The molecule has 3 unspecified atom stereocenters. The fourth-order valence-corrected chi connectivity index (χ4v) is 3.08. The third-order valence-corrected chi connectivity index (χ3v) is 4.40. The maximum absolute atomic E-state index is 13.1. The van der Waals surface area contributed by atoms with Crippen LogP contribution < -0.4 is 10.6 Å². The molecule has 2 rings (SSSR count). The lowest BCUT2D eigenvalue weighted by Gasteiger charge is -2.31. The van der Waals surface area contributed by atoms with Gasteiger partial charge >= 0.3 is 6.18 Å². The number of carbonyl (C=O) groups is 1. The van der Waals surface area contributed by atoms with E-state index in [1.807, 2.05) is 6.92 Å². The number of piperidine rings is 1. The van der Waals surface area contributed by atoms with E-state index in [4.69, 9.17) is 0 Å². The Morgan fingerprint density at radius 1 is 1.39 bits per heavy atom. The summed E-state index contributed by atoms with van der Waals surface area (Å²) in [6.45, 7) is 4.60. The molecule has 1 amide bonds.